The molecule has 0 aliphatic heterocycles. The summed E-state index contributed by atoms with van der Waals surface area (Å²) in [4.78, 5) is 11.9. The minimum absolute atomic E-state index is 0.108. The molecule has 0 spiro atoms. The van der Waals surface area contributed by atoms with Crippen LogP contribution in [0, 0.1) is 11.3 Å². The highest BCUT2D eigenvalue weighted by atomic mass is 16.1. The number of hydrogen-bond donors (Lipinski definition) is 0. The van der Waals surface area contributed by atoms with Gasteiger partial charge in [-0.3, -0.25) is 4.79 Å². The maximum absolute atomic E-state index is 11.9. The van der Waals surface area contributed by atoms with E-state index in [4.69, 9.17) is 0 Å². The van der Waals surface area contributed by atoms with Gasteiger partial charge in [-0.15, -0.1) is 0 Å². The average molecular weight is 176 g/mol. The third-order valence-electron chi connectivity index (χ3n) is 3.24. The topological polar surface area (TPSA) is 17.1 Å². The third-order valence-corrected chi connectivity index (χ3v) is 3.24. The van der Waals surface area contributed by atoms with Crippen molar-refractivity contribution in [3.63, 3.8) is 0 Å². The molecule has 1 atom stereocenters. The van der Waals surface area contributed by atoms with Gasteiger partial charge in [0.25, 0.3) is 0 Å². The highest BCUT2D eigenvalue weighted by Crippen LogP contribution is 2.51. The second kappa shape index (κ2) is 3.13. The molecule has 0 saturated heterocycles. The summed E-state index contributed by atoms with van der Waals surface area (Å²) < 4.78 is 0. The van der Waals surface area contributed by atoms with Crippen molar-refractivity contribution < 1.29 is 4.79 Å². The second-order valence-electron chi connectivity index (χ2n) is 4.08. The molecule has 2 rings (SSSR count). The molecule has 1 nitrogen and oxygen atoms in total. The van der Waals surface area contributed by atoms with Gasteiger partial charge in [0, 0.05) is 6.42 Å². The Balaban J connectivity index is 2.25. The molecule has 2 aliphatic carbocycles. The zero-order chi connectivity index (χ0) is 9.31. The van der Waals surface area contributed by atoms with Crippen molar-refractivity contribution >= 4 is 5.78 Å². The zero-order valence-corrected chi connectivity index (χ0v) is 8.12. The molecule has 0 N–H and O–H groups in total. The van der Waals surface area contributed by atoms with E-state index in [2.05, 4.69) is 12.2 Å². The number of allylic oxidation sites excluding steroid dienone is 4. The normalized spacial score (nSPS) is 32.1. The summed E-state index contributed by atoms with van der Waals surface area (Å²) in [5.41, 5.74) is -0.108. The number of Topliss-reactive ketones (excluding diaryl/α,β-unsaturated/α-hetero) is 1. The minimum atomic E-state index is -0.108. The molecule has 1 fully saturated rings. The van der Waals surface area contributed by atoms with Gasteiger partial charge in [0.1, 0.15) is 5.78 Å². The molecule has 1 saturated carbocycles. The highest BCUT2D eigenvalue weighted by molar-refractivity contribution is 5.87. The van der Waals surface area contributed by atoms with E-state index in [1.54, 1.807) is 0 Å². The largest absolute Gasteiger partial charge is 0.299 e. The number of carbonyl (C=O) groups is 1. The summed E-state index contributed by atoms with van der Waals surface area (Å²) in [5, 5.41) is 0. The Bertz CT molecular complexity index is 271. The number of hydrogen-bond acceptors (Lipinski definition) is 1. The average Bonchev–Trinajstić information content (AvgIpc) is 3.01. The Labute approximate surface area is 79.5 Å². The van der Waals surface area contributed by atoms with Gasteiger partial charge >= 0.3 is 0 Å². The van der Waals surface area contributed by atoms with Gasteiger partial charge in [-0.2, -0.15) is 0 Å². The first-order valence-corrected chi connectivity index (χ1v) is 5.17. The van der Waals surface area contributed by atoms with Crippen molar-refractivity contribution in [3.8, 4) is 0 Å². The summed E-state index contributed by atoms with van der Waals surface area (Å²) in [5.74, 6) is 1.07. The maximum Gasteiger partial charge on any atom is 0.143 e. The van der Waals surface area contributed by atoms with Gasteiger partial charge in [0.2, 0.25) is 0 Å². The molecule has 0 aromatic heterocycles. The first-order chi connectivity index (χ1) is 6.29. The molecule has 0 bridgehead atoms. The van der Waals surface area contributed by atoms with E-state index in [1.165, 1.54) is 12.8 Å². The molecule has 1 heteroatoms. The Morgan fingerprint density at radius 1 is 1.46 bits per heavy atom. The van der Waals surface area contributed by atoms with Crippen molar-refractivity contribution in [1.82, 2.24) is 0 Å². The van der Waals surface area contributed by atoms with E-state index in [0.717, 1.165) is 6.42 Å². The first-order valence-electron chi connectivity index (χ1n) is 5.17. The van der Waals surface area contributed by atoms with Gasteiger partial charge in [0.05, 0.1) is 5.41 Å². The Hall–Kier alpha value is -0.850. The molecule has 0 radical (unpaired) electrons. The van der Waals surface area contributed by atoms with E-state index in [-0.39, 0.29) is 5.41 Å². The van der Waals surface area contributed by atoms with Crippen LogP contribution in [-0.2, 0) is 4.79 Å². The quantitative estimate of drug-likeness (QED) is 0.646. The van der Waals surface area contributed by atoms with Crippen LogP contribution in [0.25, 0.3) is 0 Å². The van der Waals surface area contributed by atoms with Gasteiger partial charge in [-0.1, -0.05) is 31.2 Å². The van der Waals surface area contributed by atoms with Crippen LogP contribution < -0.4 is 0 Å². The van der Waals surface area contributed by atoms with Crippen LogP contribution in [0.4, 0.5) is 0 Å². The van der Waals surface area contributed by atoms with Crippen molar-refractivity contribution in [1.29, 1.82) is 0 Å². The summed E-state index contributed by atoms with van der Waals surface area (Å²) in [7, 11) is 0. The maximum atomic E-state index is 11.9. The molecular weight excluding hydrogens is 160 g/mol. The molecule has 1 unspecified atom stereocenters. The number of ketones is 1. The second-order valence-corrected chi connectivity index (χ2v) is 4.08. The summed E-state index contributed by atoms with van der Waals surface area (Å²) in [6.07, 6.45) is 12.4. The standard InChI is InChI=1S/C12H16O/c1-2-11(13)12(10-6-7-10)8-4-3-5-9-12/h3-5,8,10H,2,6-7,9H2,1H3. The predicted molar refractivity (Wildman–Crippen MR) is 53.4 cm³/mol. The van der Waals surface area contributed by atoms with Crippen LogP contribution in [0.15, 0.2) is 24.3 Å². The lowest BCUT2D eigenvalue weighted by atomic mass is 9.73. The SMILES string of the molecule is CCC(=O)C1(C2CC2)C=CC=CC1. The van der Waals surface area contributed by atoms with Gasteiger partial charge in [-0.25, -0.2) is 0 Å². The van der Waals surface area contributed by atoms with E-state index in [9.17, 15) is 4.79 Å². The van der Waals surface area contributed by atoms with Crippen LogP contribution in [0.5, 0.6) is 0 Å². The Morgan fingerprint density at radius 3 is 2.69 bits per heavy atom. The third kappa shape index (κ3) is 1.37. The molecule has 70 valence electrons. The summed E-state index contributed by atoms with van der Waals surface area (Å²) >= 11 is 0. The van der Waals surface area contributed by atoms with Crippen molar-refractivity contribution in [2.75, 3.05) is 0 Å². The Kier molecular flexibility index (Phi) is 2.10. The summed E-state index contributed by atoms with van der Waals surface area (Å²) in [6, 6.07) is 0. The summed E-state index contributed by atoms with van der Waals surface area (Å²) in [6.45, 7) is 1.97. The number of rotatable bonds is 3. The van der Waals surface area contributed by atoms with Crippen molar-refractivity contribution in [2.45, 2.75) is 32.6 Å². The molecule has 0 heterocycles. The Morgan fingerprint density at radius 2 is 2.23 bits per heavy atom. The van der Waals surface area contributed by atoms with E-state index >= 15 is 0 Å². The smallest absolute Gasteiger partial charge is 0.143 e. The van der Waals surface area contributed by atoms with Gasteiger partial charge < -0.3 is 0 Å². The lowest BCUT2D eigenvalue weighted by Crippen LogP contribution is -2.31. The van der Waals surface area contributed by atoms with E-state index < -0.39 is 0 Å². The zero-order valence-electron chi connectivity index (χ0n) is 8.12. The van der Waals surface area contributed by atoms with Crippen LogP contribution in [0.2, 0.25) is 0 Å². The fraction of sp³-hybridized carbons (Fsp3) is 0.583. The van der Waals surface area contributed by atoms with Gasteiger partial charge in [0.15, 0.2) is 0 Å². The lowest BCUT2D eigenvalue weighted by molar-refractivity contribution is -0.126. The monoisotopic (exact) mass is 176 g/mol. The van der Waals surface area contributed by atoms with Crippen LogP contribution in [0.3, 0.4) is 0 Å². The predicted octanol–water partition coefficient (Wildman–Crippen LogP) is 2.88. The van der Waals surface area contributed by atoms with Crippen LogP contribution >= 0.6 is 0 Å². The van der Waals surface area contributed by atoms with Gasteiger partial charge in [-0.05, 0) is 25.2 Å². The lowest BCUT2D eigenvalue weighted by Gasteiger charge is -2.29. The molecule has 0 aromatic carbocycles. The fourth-order valence-electron chi connectivity index (χ4n) is 2.30. The fourth-order valence-corrected chi connectivity index (χ4v) is 2.30. The highest BCUT2D eigenvalue weighted by Gasteiger charge is 2.47. The molecule has 0 amide bonds. The first kappa shape index (κ1) is 8.74. The molecule has 0 aromatic rings. The van der Waals surface area contributed by atoms with Crippen LogP contribution in [0.1, 0.15) is 32.6 Å². The van der Waals surface area contributed by atoms with Crippen molar-refractivity contribution in [3.05, 3.63) is 24.3 Å². The molecular formula is C12H16O. The minimum Gasteiger partial charge on any atom is -0.299 e. The van der Waals surface area contributed by atoms with E-state index in [1.807, 2.05) is 19.1 Å². The molecule has 13 heavy (non-hydrogen) atoms. The molecule has 2 aliphatic rings. The van der Waals surface area contributed by atoms with Crippen molar-refractivity contribution in [2.24, 2.45) is 11.3 Å². The van der Waals surface area contributed by atoms with E-state index in [0.29, 0.717) is 18.1 Å². The number of carbonyl (C=O) groups excluding carboxylic acids is 1. The van der Waals surface area contributed by atoms with Crippen LogP contribution in [-0.4, -0.2) is 5.78 Å².